The number of benzene rings is 6. The van der Waals surface area contributed by atoms with Crippen LogP contribution in [0.3, 0.4) is 0 Å². The Morgan fingerprint density at radius 3 is 1.21 bits per heavy atom. The Kier molecular flexibility index (Phi) is 9.15. The summed E-state index contributed by atoms with van der Waals surface area (Å²) in [4.78, 5) is -0.844. The van der Waals surface area contributed by atoms with E-state index in [4.69, 9.17) is 20.9 Å². The first-order chi connectivity index (χ1) is 24.6. The fourth-order valence-corrected chi connectivity index (χ4v) is 6.91. The van der Waals surface area contributed by atoms with Crippen molar-refractivity contribution in [2.75, 3.05) is 25.7 Å². The predicted octanol–water partition coefficient (Wildman–Crippen LogP) is 7.58. The molecular weight excluding hydrogens is 717 g/mol. The molecule has 0 bridgehead atoms. The normalized spacial score (nSPS) is 12.3. The number of ether oxygens (including phenoxy) is 2. The molecule has 0 spiro atoms. The highest BCUT2D eigenvalue weighted by Crippen LogP contribution is 2.44. The highest BCUT2D eigenvalue weighted by atomic mass is 32.2. The van der Waals surface area contributed by atoms with Gasteiger partial charge in [0.05, 0.1) is 25.0 Å². The van der Waals surface area contributed by atoms with Crippen LogP contribution in [0, 0.1) is 0 Å². The Bertz CT molecular complexity index is 2530. The predicted molar refractivity (Wildman–Crippen MR) is 193 cm³/mol. The van der Waals surface area contributed by atoms with Crippen molar-refractivity contribution in [3.8, 4) is 34.1 Å². The number of anilines is 2. The minimum absolute atomic E-state index is 0.0117. The largest absolute Gasteiger partial charge is 0.505 e. The third kappa shape index (κ3) is 6.61. The van der Waals surface area contributed by atoms with E-state index in [9.17, 15) is 36.2 Å². The molecule has 6 aromatic rings. The monoisotopic (exact) mass is 744 g/mol. The Labute approximate surface area is 295 Å². The molecule has 18 heteroatoms. The zero-order valence-electron chi connectivity index (χ0n) is 27.1. The van der Waals surface area contributed by atoms with Crippen LogP contribution in [0.25, 0.3) is 32.7 Å². The van der Waals surface area contributed by atoms with E-state index in [1.807, 2.05) is 0 Å². The molecule has 0 heterocycles. The summed E-state index contributed by atoms with van der Waals surface area (Å²) in [7, 11) is -6.31. The van der Waals surface area contributed by atoms with Gasteiger partial charge in [0.1, 0.15) is 44.0 Å². The van der Waals surface area contributed by atoms with Gasteiger partial charge < -0.3 is 31.2 Å². The Morgan fingerprint density at radius 1 is 0.519 bits per heavy atom. The third-order valence-corrected chi connectivity index (χ3v) is 9.85. The van der Waals surface area contributed by atoms with Gasteiger partial charge in [-0.1, -0.05) is 24.3 Å². The number of nitrogens with two attached hydrogens (primary N) is 2. The van der Waals surface area contributed by atoms with Crippen molar-refractivity contribution in [3.63, 3.8) is 0 Å². The zero-order chi connectivity index (χ0) is 37.5. The van der Waals surface area contributed by atoms with Gasteiger partial charge in [-0.3, -0.25) is 9.11 Å². The number of rotatable bonds is 9. The molecule has 0 aliphatic heterocycles. The number of aromatic hydroxyl groups is 2. The van der Waals surface area contributed by atoms with Crippen LogP contribution in [0.1, 0.15) is 0 Å². The lowest BCUT2D eigenvalue weighted by atomic mass is 10.0. The van der Waals surface area contributed by atoms with Crippen LogP contribution in [-0.4, -0.2) is 50.4 Å². The second kappa shape index (κ2) is 13.4. The van der Waals surface area contributed by atoms with Crippen LogP contribution >= 0.6 is 0 Å². The van der Waals surface area contributed by atoms with E-state index in [0.717, 1.165) is 12.1 Å². The fraction of sp³-hybridized carbons (Fsp3) is 0.0588. The van der Waals surface area contributed by atoms with Gasteiger partial charge in [0.15, 0.2) is 11.5 Å². The van der Waals surface area contributed by atoms with Crippen molar-refractivity contribution in [3.05, 3.63) is 84.9 Å². The molecule has 6 aromatic carbocycles. The van der Waals surface area contributed by atoms with Crippen LogP contribution in [0.5, 0.6) is 23.0 Å². The molecule has 6 rings (SSSR count). The molecule has 0 radical (unpaired) electrons. The lowest BCUT2D eigenvalue weighted by molar-refractivity contribution is 0.415. The number of phenolic OH excluding ortho intramolecular Hbond substituents is 2. The third-order valence-electron chi connectivity index (χ3n) is 8.03. The minimum atomic E-state index is -4.59. The maximum Gasteiger partial charge on any atom is 0.295 e. The van der Waals surface area contributed by atoms with E-state index >= 15 is 0 Å². The van der Waals surface area contributed by atoms with Crippen LogP contribution in [-0.2, 0) is 20.2 Å². The van der Waals surface area contributed by atoms with Gasteiger partial charge in [0, 0.05) is 22.1 Å². The highest BCUT2D eigenvalue weighted by Gasteiger charge is 2.21. The molecule has 0 saturated carbocycles. The van der Waals surface area contributed by atoms with E-state index in [0.29, 0.717) is 34.0 Å². The zero-order valence-corrected chi connectivity index (χ0v) is 28.7. The smallest absolute Gasteiger partial charge is 0.295 e. The number of fused-ring (bicyclic) bond motifs is 2. The molecule has 8 N–H and O–H groups in total. The molecule has 16 nitrogen and oxygen atoms in total. The first-order valence-corrected chi connectivity index (χ1v) is 17.7. The highest BCUT2D eigenvalue weighted by molar-refractivity contribution is 7.86. The summed E-state index contributed by atoms with van der Waals surface area (Å²) in [5, 5.41) is 38.4. The van der Waals surface area contributed by atoms with Gasteiger partial charge in [-0.25, -0.2) is 0 Å². The SMILES string of the molecule is COc1cc(-c2ccc(/N=N/c3ccc4c(S(=O)(=O)O)ccc(N)c4c3O)c(OC)c2)ccc1/N=N/c1ccc2c(S(=O)(=O)O)ccc(N)c2c1O. The minimum Gasteiger partial charge on any atom is -0.505 e. The van der Waals surface area contributed by atoms with Gasteiger partial charge in [-0.2, -0.15) is 16.8 Å². The number of nitrogens with zero attached hydrogens (tertiary/aromatic N) is 4. The van der Waals surface area contributed by atoms with Crippen molar-refractivity contribution in [2.45, 2.75) is 9.79 Å². The summed E-state index contributed by atoms with van der Waals surface area (Å²) in [5.74, 6) is -0.230. The number of hydrogen-bond acceptors (Lipinski definition) is 14. The molecule has 0 aliphatic carbocycles. The van der Waals surface area contributed by atoms with Crippen LogP contribution in [0.4, 0.5) is 34.1 Å². The average molecular weight is 745 g/mol. The van der Waals surface area contributed by atoms with E-state index < -0.39 is 41.5 Å². The van der Waals surface area contributed by atoms with Crippen molar-refractivity contribution >= 4 is 75.9 Å². The van der Waals surface area contributed by atoms with Crippen molar-refractivity contribution in [1.29, 1.82) is 0 Å². The second-order valence-electron chi connectivity index (χ2n) is 11.1. The van der Waals surface area contributed by atoms with Gasteiger partial charge >= 0.3 is 0 Å². The molecule has 266 valence electrons. The number of hydrogen-bond donors (Lipinski definition) is 6. The standard InChI is InChI=1S/C34H28N6O10S2/c1-49-27-15-17(3-9-23(27)37-39-25-11-5-19-29(51(43,44)45)13-7-21(35)31(19)33(25)41)18-4-10-24(28(16-18)50-2)38-40-26-12-6-20-30(52(46,47)48)14-8-22(36)32(20)34(26)42/h3-16,41-42H,35-36H2,1-2H3,(H,43,44,45)(H,46,47,48)/b39-37+,40-38+. The van der Waals surface area contributed by atoms with E-state index in [-0.39, 0.29) is 44.3 Å². The summed E-state index contributed by atoms with van der Waals surface area (Å²) in [6.07, 6.45) is 0. The maximum absolute atomic E-state index is 11.8. The molecule has 0 atom stereocenters. The van der Waals surface area contributed by atoms with Crippen molar-refractivity contribution in [1.82, 2.24) is 0 Å². The van der Waals surface area contributed by atoms with Gasteiger partial charge in [0.25, 0.3) is 20.2 Å². The van der Waals surface area contributed by atoms with Crippen LogP contribution < -0.4 is 20.9 Å². The van der Waals surface area contributed by atoms with Crippen molar-refractivity contribution in [2.24, 2.45) is 20.5 Å². The number of nitrogen functional groups attached to an aromatic ring is 2. The Hall–Kier alpha value is -6.34. The Balaban J connectivity index is 1.29. The summed E-state index contributed by atoms with van der Waals surface area (Å²) in [5.41, 5.74) is 14.1. The molecule has 0 amide bonds. The first kappa shape index (κ1) is 35.5. The second-order valence-corrected chi connectivity index (χ2v) is 13.9. The van der Waals surface area contributed by atoms with E-state index in [1.54, 1.807) is 36.4 Å². The lowest BCUT2D eigenvalue weighted by Crippen LogP contribution is -2.00. The van der Waals surface area contributed by atoms with Crippen molar-refractivity contribution < 1.29 is 45.6 Å². The lowest BCUT2D eigenvalue weighted by Gasteiger charge is -2.11. The molecule has 52 heavy (non-hydrogen) atoms. The van der Waals surface area contributed by atoms with Gasteiger partial charge in [0.2, 0.25) is 0 Å². The van der Waals surface area contributed by atoms with Crippen LogP contribution in [0.15, 0.2) is 115 Å². The van der Waals surface area contributed by atoms with Gasteiger partial charge in [-0.05, 0) is 71.8 Å². The topological polar surface area (TPSA) is 269 Å². The average Bonchev–Trinajstić information content (AvgIpc) is 3.10. The molecule has 0 unspecified atom stereocenters. The van der Waals surface area contributed by atoms with Gasteiger partial charge in [-0.15, -0.1) is 20.5 Å². The summed E-state index contributed by atoms with van der Waals surface area (Å²) >= 11 is 0. The summed E-state index contributed by atoms with van der Waals surface area (Å²) in [6.45, 7) is 0. The summed E-state index contributed by atoms with van der Waals surface area (Å²) in [6, 6.07) is 20.2. The first-order valence-electron chi connectivity index (χ1n) is 14.9. The van der Waals surface area contributed by atoms with Crippen LogP contribution in [0.2, 0.25) is 0 Å². The Morgan fingerprint density at radius 2 is 0.865 bits per heavy atom. The maximum atomic E-state index is 11.8. The number of methoxy groups -OCH3 is 2. The fourth-order valence-electron chi connectivity index (χ4n) is 5.54. The molecule has 0 aliphatic rings. The molecule has 0 aromatic heterocycles. The molecular formula is C34H28N6O10S2. The molecule has 0 fully saturated rings. The molecule has 0 saturated heterocycles. The number of phenols is 2. The quantitative estimate of drug-likeness (QED) is 0.0475. The van der Waals surface area contributed by atoms with E-state index in [1.165, 1.54) is 50.6 Å². The summed E-state index contributed by atoms with van der Waals surface area (Å²) < 4.78 is 77.5. The van der Waals surface area contributed by atoms with E-state index in [2.05, 4.69) is 20.5 Å². The number of azo groups is 2.